The molecule has 0 aliphatic carbocycles. The standard InChI is InChI=1S/C8H8BrF2NO/c1-4-3-12-8(13)5(2-9)6(4)7(10)11/h3,7H,2H2,1H3,(H,12,13). The lowest BCUT2D eigenvalue weighted by Gasteiger charge is -2.07. The van der Waals surface area contributed by atoms with Crippen molar-refractivity contribution in [1.29, 1.82) is 0 Å². The summed E-state index contributed by atoms with van der Waals surface area (Å²) in [6.07, 6.45) is -1.30. The molecule has 2 nitrogen and oxygen atoms in total. The SMILES string of the molecule is Cc1c[nH]c(=O)c(CBr)c1C(F)F. The maximum Gasteiger partial charge on any atom is 0.264 e. The van der Waals surface area contributed by atoms with Gasteiger partial charge < -0.3 is 4.98 Å². The van der Waals surface area contributed by atoms with E-state index in [0.29, 0.717) is 5.56 Å². The Labute approximate surface area is 82.1 Å². The van der Waals surface area contributed by atoms with Gasteiger partial charge in [-0.3, -0.25) is 4.79 Å². The van der Waals surface area contributed by atoms with E-state index in [1.54, 1.807) is 6.92 Å². The molecule has 0 aliphatic heterocycles. The van der Waals surface area contributed by atoms with Crippen molar-refractivity contribution < 1.29 is 8.78 Å². The molecular formula is C8H8BrF2NO. The molecule has 1 aromatic heterocycles. The van der Waals surface area contributed by atoms with Gasteiger partial charge in [0.2, 0.25) is 0 Å². The fourth-order valence-corrected chi connectivity index (χ4v) is 1.69. The van der Waals surface area contributed by atoms with Crippen LogP contribution in [0.4, 0.5) is 8.78 Å². The van der Waals surface area contributed by atoms with Gasteiger partial charge in [-0.2, -0.15) is 0 Å². The Kier molecular flexibility index (Phi) is 3.19. The van der Waals surface area contributed by atoms with Crippen molar-refractivity contribution in [3.63, 3.8) is 0 Å². The molecule has 0 saturated carbocycles. The minimum absolute atomic E-state index is 0.106. The molecule has 1 aromatic rings. The van der Waals surface area contributed by atoms with Crippen LogP contribution in [0.1, 0.15) is 23.1 Å². The van der Waals surface area contributed by atoms with Crippen molar-refractivity contribution in [2.24, 2.45) is 0 Å². The number of alkyl halides is 3. The maximum atomic E-state index is 12.5. The smallest absolute Gasteiger partial charge is 0.264 e. The molecule has 0 fully saturated rings. The van der Waals surface area contributed by atoms with Gasteiger partial charge in [-0.05, 0) is 12.5 Å². The lowest BCUT2D eigenvalue weighted by atomic mass is 10.1. The summed E-state index contributed by atoms with van der Waals surface area (Å²) in [7, 11) is 0. The largest absolute Gasteiger partial charge is 0.329 e. The molecule has 72 valence electrons. The summed E-state index contributed by atoms with van der Waals surface area (Å²) < 4.78 is 25.0. The monoisotopic (exact) mass is 251 g/mol. The molecule has 1 heterocycles. The third-order valence-electron chi connectivity index (χ3n) is 1.80. The summed E-state index contributed by atoms with van der Waals surface area (Å²) in [4.78, 5) is 13.5. The normalized spacial score (nSPS) is 10.8. The van der Waals surface area contributed by atoms with Crippen LogP contribution in [0.2, 0.25) is 0 Å². The first-order chi connectivity index (χ1) is 6.07. The van der Waals surface area contributed by atoms with E-state index in [9.17, 15) is 13.6 Å². The topological polar surface area (TPSA) is 32.9 Å². The van der Waals surface area contributed by atoms with E-state index in [1.165, 1.54) is 6.20 Å². The first-order valence-corrected chi connectivity index (χ1v) is 4.75. The Balaban J connectivity index is 3.44. The molecule has 0 atom stereocenters. The van der Waals surface area contributed by atoms with Crippen LogP contribution in [0.5, 0.6) is 0 Å². The number of rotatable bonds is 2. The molecule has 0 saturated heterocycles. The number of aromatic nitrogens is 1. The highest BCUT2D eigenvalue weighted by Crippen LogP contribution is 2.24. The van der Waals surface area contributed by atoms with Gasteiger partial charge in [-0.15, -0.1) is 0 Å². The number of halogens is 3. The van der Waals surface area contributed by atoms with E-state index >= 15 is 0 Å². The average molecular weight is 252 g/mol. The molecule has 1 N–H and O–H groups in total. The number of hydrogen-bond donors (Lipinski definition) is 1. The molecular weight excluding hydrogens is 244 g/mol. The van der Waals surface area contributed by atoms with E-state index in [-0.39, 0.29) is 16.5 Å². The lowest BCUT2D eigenvalue weighted by Crippen LogP contribution is -2.15. The number of aromatic amines is 1. The van der Waals surface area contributed by atoms with E-state index in [0.717, 1.165) is 0 Å². The van der Waals surface area contributed by atoms with Crippen LogP contribution >= 0.6 is 15.9 Å². The molecule has 0 aromatic carbocycles. The molecule has 0 spiro atoms. The first-order valence-electron chi connectivity index (χ1n) is 3.63. The Bertz CT molecular complexity index is 362. The van der Waals surface area contributed by atoms with Crippen molar-refractivity contribution in [2.75, 3.05) is 0 Å². The molecule has 5 heteroatoms. The van der Waals surface area contributed by atoms with E-state index in [4.69, 9.17) is 0 Å². The Morgan fingerprint density at radius 3 is 2.62 bits per heavy atom. The Morgan fingerprint density at radius 2 is 2.23 bits per heavy atom. The quantitative estimate of drug-likeness (QED) is 0.806. The van der Waals surface area contributed by atoms with E-state index < -0.39 is 12.0 Å². The average Bonchev–Trinajstić information content (AvgIpc) is 2.07. The molecule has 0 aliphatic rings. The molecule has 0 bridgehead atoms. The zero-order chi connectivity index (χ0) is 10.0. The van der Waals surface area contributed by atoms with Crippen LogP contribution < -0.4 is 5.56 Å². The second kappa shape index (κ2) is 4.00. The number of nitrogens with one attached hydrogen (secondary N) is 1. The van der Waals surface area contributed by atoms with Gasteiger partial charge in [-0.1, -0.05) is 15.9 Å². The summed E-state index contributed by atoms with van der Waals surface area (Å²) in [5.74, 6) is 0. The maximum absolute atomic E-state index is 12.5. The Hall–Kier alpha value is -0.710. The fourth-order valence-electron chi connectivity index (χ4n) is 1.14. The molecule has 0 unspecified atom stereocenters. The molecule has 0 radical (unpaired) electrons. The van der Waals surface area contributed by atoms with Gasteiger partial charge in [0.25, 0.3) is 12.0 Å². The summed E-state index contributed by atoms with van der Waals surface area (Å²) in [5.41, 5.74) is -0.113. The minimum Gasteiger partial charge on any atom is -0.329 e. The number of H-pyrrole nitrogens is 1. The number of aryl methyl sites for hydroxylation is 1. The lowest BCUT2D eigenvalue weighted by molar-refractivity contribution is 0.149. The second-order valence-corrected chi connectivity index (χ2v) is 3.19. The highest BCUT2D eigenvalue weighted by molar-refractivity contribution is 9.08. The fraction of sp³-hybridized carbons (Fsp3) is 0.375. The van der Waals surface area contributed by atoms with Crippen LogP contribution in [0, 0.1) is 6.92 Å². The molecule has 13 heavy (non-hydrogen) atoms. The molecule has 0 amide bonds. The Morgan fingerprint density at radius 1 is 1.62 bits per heavy atom. The summed E-state index contributed by atoms with van der Waals surface area (Å²) in [5, 5.41) is 0.143. The predicted molar refractivity (Wildman–Crippen MR) is 49.4 cm³/mol. The van der Waals surface area contributed by atoms with Crippen LogP contribution in [-0.2, 0) is 5.33 Å². The second-order valence-electron chi connectivity index (χ2n) is 2.63. The predicted octanol–water partition coefficient (Wildman–Crippen LogP) is 2.52. The summed E-state index contributed by atoms with van der Waals surface area (Å²) in [6.45, 7) is 1.55. The van der Waals surface area contributed by atoms with Crippen LogP contribution in [0.3, 0.4) is 0 Å². The third-order valence-corrected chi connectivity index (χ3v) is 2.36. The van der Waals surface area contributed by atoms with Crippen molar-refractivity contribution in [3.8, 4) is 0 Å². The highest BCUT2D eigenvalue weighted by Gasteiger charge is 2.17. The summed E-state index contributed by atoms with van der Waals surface area (Å²) >= 11 is 3.01. The minimum atomic E-state index is -2.60. The number of pyridine rings is 1. The molecule has 1 rings (SSSR count). The van der Waals surface area contributed by atoms with Crippen molar-refractivity contribution in [2.45, 2.75) is 18.7 Å². The van der Waals surface area contributed by atoms with Crippen LogP contribution in [0.25, 0.3) is 0 Å². The van der Waals surface area contributed by atoms with Gasteiger partial charge in [0.1, 0.15) is 0 Å². The zero-order valence-electron chi connectivity index (χ0n) is 6.90. The van der Waals surface area contributed by atoms with Gasteiger partial charge in [0.15, 0.2) is 0 Å². The highest BCUT2D eigenvalue weighted by atomic mass is 79.9. The van der Waals surface area contributed by atoms with Crippen molar-refractivity contribution in [3.05, 3.63) is 33.2 Å². The van der Waals surface area contributed by atoms with Gasteiger partial charge in [0, 0.05) is 22.7 Å². The van der Waals surface area contributed by atoms with Crippen LogP contribution in [-0.4, -0.2) is 4.98 Å². The number of hydrogen-bond acceptors (Lipinski definition) is 1. The van der Waals surface area contributed by atoms with E-state index in [1.807, 2.05) is 0 Å². The zero-order valence-corrected chi connectivity index (χ0v) is 8.49. The van der Waals surface area contributed by atoms with Gasteiger partial charge in [0.05, 0.1) is 0 Å². The van der Waals surface area contributed by atoms with Crippen molar-refractivity contribution >= 4 is 15.9 Å². The van der Waals surface area contributed by atoms with Crippen molar-refractivity contribution in [1.82, 2.24) is 4.98 Å². The third kappa shape index (κ3) is 1.96. The summed E-state index contributed by atoms with van der Waals surface area (Å²) in [6, 6.07) is 0. The van der Waals surface area contributed by atoms with Gasteiger partial charge in [-0.25, -0.2) is 8.78 Å². The first kappa shape index (κ1) is 10.4. The van der Waals surface area contributed by atoms with E-state index in [2.05, 4.69) is 20.9 Å². The van der Waals surface area contributed by atoms with Crippen LogP contribution in [0.15, 0.2) is 11.0 Å². The van der Waals surface area contributed by atoms with Gasteiger partial charge >= 0.3 is 0 Å².